The van der Waals surface area contributed by atoms with Crippen LogP contribution in [-0.2, 0) is 6.42 Å². The fourth-order valence-corrected chi connectivity index (χ4v) is 3.24. The maximum Gasteiger partial charge on any atom is 0.324 e. The highest BCUT2D eigenvalue weighted by Crippen LogP contribution is 2.19. The summed E-state index contributed by atoms with van der Waals surface area (Å²) in [5, 5.41) is 4.81. The minimum absolute atomic E-state index is 0.582. The third-order valence-electron chi connectivity index (χ3n) is 4.62. The summed E-state index contributed by atoms with van der Waals surface area (Å²) in [4.78, 5) is 9.01. The van der Waals surface area contributed by atoms with Crippen molar-refractivity contribution >= 4 is 17.6 Å². The van der Waals surface area contributed by atoms with Crippen LogP contribution in [0, 0.1) is 0 Å². The molecule has 0 bridgehead atoms. The van der Waals surface area contributed by atoms with Gasteiger partial charge in [0.1, 0.15) is 5.67 Å². The van der Waals surface area contributed by atoms with E-state index in [1.165, 1.54) is 0 Å². The standard InChI is InChI=1S/C19H26ClFN4O/c1-19(2,21)8-3-9-24-10-12-25(13-11-24)18-22-17(23-26-18)14-15-4-6-16(20)7-5-15/h4-7H,3,8-14H2,1-2H3. The van der Waals surface area contributed by atoms with E-state index < -0.39 is 5.67 Å². The van der Waals surface area contributed by atoms with Crippen molar-refractivity contribution in [2.45, 2.75) is 38.8 Å². The number of aromatic nitrogens is 2. The van der Waals surface area contributed by atoms with Gasteiger partial charge in [-0.3, -0.25) is 4.90 Å². The van der Waals surface area contributed by atoms with E-state index in [2.05, 4.69) is 19.9 Å². The van der Waals surface area contributed by atoms with Crippen molar-refractivity contribution in [1.29, 1.82) is 0 Å². The predicted molar refractivity (Wildman–Crippen MR) is 102 cm³/mol. The number of rotatable bonds is 7. The van der Waals surface area contributed by atoms with Gasteiger partial charge >= 0.3 is 6.01 Å². The van der Waals surface area contributed by atoms with Crippen molar-refractivity contribution in [3.05, 3.63) is 40.7 Å². The second-order valence-electron chi connectivity index (χ2n) is 7.45. The number of hydrogen-bond donors (Lipinski definition) is 0. The van der Waals surface area contributed by atoms with Gasteiger partial charge in [-0.05, 0) is 50.9 Å². The molecule has 7 heteroatoms. The first kappa shape index (κ1) is 19.1. The van der Waals surface area contributed by atoms with Crippen molar-refractivity contribution in [2.75, 3.05) is 37.6 Å². The second kappa shape index (κ2) is 8.35. The van der Waals surface area contributed by atoms with Crippen molar-refractivity contribution in [1.82, 2.24) is 15.0 Å². The van der Waals surface area contributed by atoms with Gasteiger partial charge in [0.25, 0.3) is 0 Å². The lowest BCUT2D eigenvalue weighted by Crippen LogP contribution is -2.46. The Balaban J connectivity index is 1.46. The monoisotopic (exact) mass is 380 g/mol. The average Bonchev–Trinajstić information content (AvgIpc) is 3.05. The third-order valence-corrected chi connectivity index (χ3v) is 4.87. The van der Waals surface area contributed by atoms with Crippen LogP contribution in [0.1, 0.15) is 38.1 Å². The van der Waals surface area contributed by atoms with Crippen LogP contribution in [0.2, 0.25) is 5.02 Å². The van der Waals surface area contributed by atoms with Gasteiger partial charge in [0.05, 0.1) is 0 Å². The van der Waals surface area contributed by atoms with Crippen LogP contribution in [0.4, 0.5) is 10.4 Å². The van der Waals surface area contributed by atoms with Crippen LogP contribution in [0.25, 0.3) is 0 Å². The predicted octanol–water partition coefficient (Wildman–Crippen LogP) is 3.96. The van der Waals surface area contributed by atoms with Gasteiger partial charge in [0.15, 0.2) is 5.82 Å². The van der Waals surface area contributed by atoms with Gasteiger partial charge in [-0.15, -0.1) is 0 Å². The van der Waals surface area contributed by atoms with E-state index in [-0.39, 0.29) is 0 Å². The number of alkyl halides is 1. The van der Waals surface area contributed by atoms with E-state index >= 15 is 0 Å². The van der Waals surface area contributed by atoms with Gasteiger partial charge in [-0.1, -0.05) is 28.9 Å². The fourth-order valence-electron chi connectivity index (χ4n) is 3.12. The highest BCUT2D eigenvalue weighted by molar-refractivity contribution is 6.30. The second-order valence-corrected chi connectivity index (χ2v) is 7.88. The molecule has 1 aromatic carbocycles. The van der Waals surface area contributed by atoms with Crippen molar-refractivity contribution in [3.63, 3.8) is 0 Å². The van der Waals surface area contributed by atoms with Crippen molar-refractivity contribution in [2.24, 2.45) is 0 Å². The van der Waals surface area contributed by atoms with E-state index in [1.807, 2.05) is 24.3 Å². The SMILES string of the molecule is CC(C)(F)CCCN1CCN(c2nc(Cc3ccc(Cl)cc3)no2)CC1. The molecule has 2 aromatic rings. The largest absolute Gasteiger partial charge is 0.324 e. The molecule has 0 radical (unpaired) electrons. The molecule has 0 aliphatic carbocycles. The number of benzene rings is 1. The summed E-state index contributed by atoms with van der Waals surface area (Å²) >= 11 is 5.91. The van der Waals surface area contributed by atoms with Crippen LogP contribution in [-0.4, -0.2) is 53.4 Å². The molecule has 1 saturated heterocycles. The topological polar surface area (TPSA) is 45.4 Å². The maximum atomic E-state index is 13.5. The number of anilines is 1. The number of hydrogen-bond acceptors (Lipinski definition) is 5. The van der Waals surface area contributed by atoms with Gasteiger partial charge in [0.2, 0.25) is 0 Å². The summed E-state index contributed by atoms with van der Waals surface area (Å²) in [6.45, 7) is 7.78. The van der Waals surface area contributed by atoms with E-state index in [1.54, 1.807) is 13.8 Å². The molecule has 26 heavy (non-hydrogen) atoms. The lowest BCUT2D eigenvalue weighted by Gasteiger charge is -2.33. The van der Waals surface area contributed by atoms with Gasteiger partial charge < -0.3 is 9.42 Å². The molecule has 0 spiro atoms. The Kier molecular flexibility index (Phi) is 6.14. The molecule has 142 valence electrons. The minimum atomic E-state index is -1.08. The first-order chi connectivity index (χ1) is 12.4. The van der Waals surface area contributed by atoms with Gasteiger partial charge in [0, 0.05) is 37.6 Å². The summed E-state index contributed by atoms with van der Waals surface area (Å²) in [7, 11) is 0. The van der Waals surface area contributed by atoms with Gasteiger partial charge in [-0.2, -0.15) is 4.98 Å². The molecule has 1 aliphatic rings. The lowest BCUT2D eigenvalue weighted by molar-refractivity contribution is 0.177. The zero-order valence-electron chi connectivity index (χ0n) is 15.4. The summed E-state index contributed by atoms with van der Waals surface area (Å²) in [6, 6.07) is 8.24. The van der Waals surface area contributed by atoms with E-state index in [0.717, 1.165) is 49.7 Å². The van der Waals surface area contributed by atoms with E-state index in [0.29, 0.717) is 24.7 Å². The van der Waals surface area contributed by atoms with Crippen LogP contribution in [0.5, 0.6) is 0 Å². The van der Waals surface area contributed by atoms with Crippen molar-refractivity contribution < 1.29 is 8.91 Å². The van der Waals surface area contributed by atoms with Gasteiger partial charge in [-0.25, -0.2) is 4.39 Å². The average molecular weight is 381 g/mol. The molecular weight excluding hydrogens is 355 g/mol. The Hall–Kier alpha value is -1.66. The molecule has 1 aromatic heterocycles. The molecule has 0 unspecified atom stereocenters. The van der Waals surface area contributed by atoms with Crippen LogP contribution in [0.15, 0.2) is 28.8 Å². The summed E-state index contributed by atoms with van der Waals surface area (Å²) < 4.78 is 19.0. The number of piperazine rings is 1. The highest BCUT2D eigenvalue weighted by atomic mass is 35.5. The Morgan fingerprint density at radius 3 is 2.50 bits per heavy atom. The quantitative estimate of drug-likeness (QED) is 0.727. The zero-order chi connectivity index (χ0) is 18.6. The normalized spacial score (nSPS) is 16.2. The zero-order valence-corrected chi connectivity index (χ0v) is 16.2. The third kappa shape index (κ3) is 5.68. The van der Waals surface area contributed by atoms with Crippen LogP contribution in [0.3, 0.4) is 0 Å². The lowest BCUT2D eigenvalue weighted by atomic mass is 10.0. The Labute approximate surface area is 159 Å². The molecule has 3 rings (SSSR count). The molecule has 0 saturated carbocycles. The summed E-state index contributed by atoms with van der Waals surface area (Å²) in [5.74, 6) is 0.676. The molecular formula is C19H26ClFN4O. The molecule has 2 heterocycles. The van der Waals surface area contributed by atoms with E-state index in [9.17, 15) is 4.39 Å². The fraction of sp³-hybridized carbons (Fsp3) is 0.579. The van der Waals surface area contributed by atoms with Crippen LogP contribution >= 0.6 is 11.6 Å². The summed E-state index contributed by atoms with van der Waals surface area (Å²) in [6.07, 6.45) is 2.11. The first-order valence-electron chi connectivity index (χ1n) is 9.12. The smallest absolute Gasteiger partial charge is 0.322 e. The highest BCUT2D eigenvalue weighted by Gasteiger charge is 2.22. The maximum absolute atomic E-state index is 13.5. The molecule has 0 amide bonds. The molecule has 1 aliphatic heterocycles. The molecule has 1 fully saturated rings. The van der Waals surface area contributed by atoms with E-state index in [4.69, 9.17) is 16.1 Å². The minimum Gasteiger partial charge on any atom is -0.322 e. The van der Waals surface area contributed by atoms with Crippen molar-refractivity contribution in [3.8, 4) is 0 Å². The Morgan fingerprint density at radius 1 is 1.15 bits per heavy atom. The number of nitrogens with zero attached hydrogens (tertiary/aromatic N) is 4. The first-order valence-corrected chi connectivity index (χ1v) is 9.50. The molecule has 5 nitrogen and oxygen atoms in total. The summed E-state index contributed by atoms with van der Waals surface area (Å²) in [5.41, 5.74) is 0.0221. The molecule has 0 N–H and O–H groups in total. The number of halogens is 2. The Bertz CT molecular complexity index is 690. The molecule has 0 atom stereocenters. The Morgan fingerprint density at radius 2 is 1.85 bits per heavy atom. The van der Waals surface area contributed by atoms with Crippen LogP contribution < -0.4 is 4.90 Å².